The molecular weight excluding hydrogens is 260 g/mol. The van der Waals surface area contributed by atoms with Gasteiger partial charge in [-0.3, -0.25) is 9.59 Å². The second kappa shape index (κ2) is 6.10. The monoisotopic (exact) mass is 278 g/mol. The molecule has 4 nitrogen and oxygen atoms in total. The van der Waals surface area contributed by atoms with Gasteiger partial charge in [-0.05, 0) is 25.0 Å². The summed E-state index contributed by atoms with van der Waals surface area (Å²) in [6, 6.07) is 7.94. The first kappa shape index (κ1) is 13.9. The molecule has 0 aromatic heterocycles. The maximum atomic E-state index is 11.9. The van der Waals surface area contributed by atoms with Crippen LogP contribution >= 0.6 is 11.8 Å². The van der Waals surface area contributed by atoms with Crippen molar-refractivity contribution in [2.45, 2.75) is 19.9 Å². The van der Waals surface area contributed by atoms with Crippen molar-refractivity contribution in [2.75, 3.05) is 18.2 Å². The van der Waals surface area contributed by atoms with Crippen LogP contribution < -0.4 is 5.32 Å². The summed E-state index contributed by atoms with van der Waals surface area (Å²) in [7, 11) is 0. The van der Waals surface area contributed by atoms with Crippen molar-refractivity contribution in [3.05, 3.63) is 35.4 Å². The predicted molar refractivity (Wildman–Crippen MR) is 76.8 cm³/mol. The summed E-state index contributed by atoms with van der Waals surface area (Å²) >= 11 is 1.55. The number of carbonyl (C=O) groups excluding carboxylic acids is 2. The largest absolute Gasteiger partial charge is 0.348 e. The first-order valence-electron chi connectivity index (χ1n) is 6.28. The number of hydrogen-bond donors (Lipinski definition) is 1. The average Bonchev–Trinajstić information content (AvgIpc) is 2.75. The summed E-state index contributed by atoms with van der Waals surface area (Å²) in [5, 5.41) is 2.94. The van der Waals surface area contributed by atoms with Crippen LogP contribution in [-0.2, 0) is 9.59 Å². The molecule has 0 radical (unpaired) electrons. The van der Waals surface area contributed by atoms with Gasteiger partial charge in [0.2, 0.25) is 11.8 Å². The van der Waals surface area contributed by atoms with Gasteiger partial charge in [-0.15, -0.1) is 11.8 Å². The van der Waals surface area contributed by atoms with Crippen molar-refractivity contribution >= 4 is 23.6 Å². The number of amides is 2. The summed E-state index contributed by atoms with van der Waals surface area (Å²) in [6.45, 7) is 4.14. The van der Waals surface area contributed by atoms with Gasteiger partial charge < -0.3 is 10.2 Å². The summed E-state index contributed by atoms with van der Waals surface area (Å²) in [5.41, 5.74) is 2.26. The summed E-state index contributed by atoms with van der Waals surface area (Å²) in [6.07, 6.45) is 0. The zero-order valence-corrected chi connectivity index (χ0v) is 12.0. The van der Waals surface area contributed by atoms with Gasteiger partial charge in [0, 0.05) is 0 Å². The molecule has 0 aliphatic carbocycles. The van der Waals surface area contributed by atoms with E-state index in [0.717, 1.165) is 11.1 Å². The van der Waals surface area contributed by atoms with E-state index in [-0.39, 0.29) is 24.4 Å². The summed E-state index contributed by atoms with van der Waals surface area (Å²) in [4.78, 5) is 25.0. The normalized spacial score (nSPS) is 16.5. The fourth-order valence-corrected chi connectivity index (χ4v) is 3.06. The molecule has 1 aromatic rings. The lowest BCUT2D eigenvalue weighted by molar-refractivity contribution is -0.132. The van der Waals surface area contributed by atoms with Crippen LogP contribution in [0.5, 0.6) is 0 Å². The third-order valence-electron chi connectivity index (χ3n) is 3.19. The molecule has 0 spiro atoms. The first-order valence-corrected chi connectivity index (χ1v) is 7.44. The van der Waals surface area contributed by atoms with Crippen molar-refractivity contribution in [2.24, 2.45) is 0 Å². The van der Waals surface area contributed by atoms with Gasteiger partial charge in [-0.1, -0.05) is 24.3 Å². The lowest BCUT2D eigenvalue weighted by Gasteiger charge is -2.19. The van der Waals surface area contributed by atoms with Crippen molar-refractivity contribution in [1.29, 1.82) is 0 Å². The lowest BCUT2D eigenvalue weighted by Crippen LogP contribution is -2.39. The Morgan fingerprint density at radius 2 is 2.21 bits per heavy atom. The average molecular weight is 278 g/mol. The van der Waals surface area contributed by atoms with Crippen molar-refractivity contribution in [3.8, 4) is 0 Å². The second-order valence-corrected chi connectivity index (χ2v) is 5.67. The Labute approximate surface area is 117 Å². The number of nitrogens with one attached hydrogen (secondary N) is 1. The molecule has 0 bridgehead atoms. The fourth-order valence-electron chi connectivity index (χ4n) is 2.15. The molecule has 1 aliphatic heterocycles. The molecule has 1 saturated heterocycles. The SMILES string of the molecule is Cc1ccccc1[C@@H](C)NC(=O)CN1CSCC1=O. The van der Waals surface area contributed by atoms with E-state index in [1.165, 1.54) is 0 Å². The molecule has 5 heteroatoms. The van der Waals surface area contributed by atoms with Gasteiger partial charge >= 0.3 is 0 Å². The van der Waals surface area contributed by atoms with Crippen LogP contribution in [0.4, 0.5) is 0 Å². The van der Waals surface area contributed by atoms with Gasteiger partial charge in [0.1, 0.15) is 6.54 Å². The Kier molecular flexibility index (Phi) is 4.47. The van der Waals surface area contributed by atoms with E-state index in [2.05, 4.69) is 5.32 Å². The van der Waals surface area contributed by atoms with Gasteiger partial charge in [-0.2, -0.15) is 0 Å². The highest BCUT2D eigenvalue weighted by atomic mass is 32.2. The molecule has 1 aromatic carbocycles. The van der Waals surface area contributed by atoms with Gasteiger partial charge in [-0.25, -0.2) is 0 Å². The van der Waals surface area contributed by atoms with E-state index >= 15 is 0 Å². The van der Waals surface area contributed by atoms with Gasteiger partial charge in [0.05, 0.1) is 17.7 Å². The number of benzene rings is 1. The minimum absolute atomic E-state index is 0.0425. The summed E-state index contributed by atoms with van der Waals surface area (Å²) < 4.78 is 0. The van der Waals surface area contributed by atoms with E-state index < -0.39 is 0 Å². The molecule has 1 heterocycles. The third kappa shape index (κ3) is 3.50. The lowest BCUT2D eigenvalue weighted by atomic mass is 10.0. The minimum atomic E-state index is -0.105. The highest BCUT2D eigenvalue weighted by Crippen LogP contribution is 2.17. The van der Waals surface area contributed by atoms with E-state index in [1.807, 2.05) is 38.1 Å². The first-order chi connectivity index (χ1) is 9.08. The molecule has 2 amide bonds. The standard InChI is InChI=1S/C14H18N2O2S/c1-10-5-3-4-6-12(10)11(2)15-13(17)7-16-9-19-8-14(16)18/h3-6,11H,7-9H2,1-2H3,(H,15,17)/t11-/m1/s1. The highest BCUT2D eigenvalue weighted by molar-refractivity contribution is 8.00. The molecule has 0 saturated carbocycles. The Morgan fingerprint density at radius 1 is 1.47 bits per heavy atom. The number of hydrogen-bond acceptors (Lipinski definition) is 3. The van der Waals surface area contributed by atoms with Crippen molar-refractivity contribution in [3.63, 3.8) is 0 Å². The van der Waals surface area contributed by atoms with E-state index in [4.69, 9.17) is 0 Å². The van der Waals surface area contributed by atoms with Gasteiger partial charge in [0.15, 0.2) is 0 Å². The Morgan fingerprint density at radius 3 is 2.84 bits per heavy atom. The molecule has 2 rings (SSSR count). The van der Waals surface area contributed by atoms with Crippen LogP contribution in [0.25, 0.3) is 0 Å². The van der Waals surface area contributed by atoms with Crippen LogP contribution in [0, 0.1) is 6.92 Å². The number of nitrogens with zero attached hydrogens (tertiary/aromatic N) is 1. The molecule has 19 heavy (non-hydrogen) atoms. The van der Waals surface area contributed by atoms with Crippen molar-refractivity contribution in [1.82, 2.24) is 10.2 Å². The molecule has 1 N–H and O–H groups in total. The number of rotatable bonds is 4. The Balaban J connectivity index is 1.92. The molecule has 1 aliphatic rings. The van der Waals surface area contributed by atoms with E-state index in [0.29, 0.717) is 11.6 Å². The molecule has 102 valence electrons. The molecular formula is C14H18N2O2S. The topological polar surface area (TPSA) is 49.4 Å². The zero-order chi connectivity index (χ0) is 13.8. The fraction of sp³-hybridized carbons (Fsp3) is 0.429. The zero-order valence-electron chi connectivity index (χ0n) is 11.2. The molecule has 1 fully saturated rings. The Hall–Kier alpha value is -1.49. The third-order valence-corrected chi connectivity index (χ3v) is 4.14. The second-order valence-electron chi connectivity index (χ2n) is 4.72. The van der Waals surface area contributed by atoms with Crippen LogP contribution in [0.2, 0.25) is 0 Å². The highest BCUT2D eigenvalue weighted by Gasteiger charge is 2.23. The Bertz CT molecular complexity index is 490. The number of aryl methyl sites for hydroxylation is 1. The van der Waals surface area contributed by atoms with E-state index in [9.17, 15) is 9.59 Å². The van der Waals surface area contributed by atoms with Crippen LogP contribution in [-0.4, -0.2) is 34.9 Å². The molecule has 0 unspecified atom stereocenters. The maximum absolute atomic E-state index is 11.9. The number of thioether (sulfide) groups is 1. The quantitative estimate of drug-likeness (QED) is 0.912. The summed E-state index contributed by atoms with van der Waals surface area (Å²) in [5.74, 6) is 1.04. The van der Waals surface area contributed by atoms with Crippen LogP contribution in [0.15, 0.2) is 24.3 Å². The predicted octanol–water partition coefficient (Wildman–Crippen LogP) is 1.71. The van der Waals surface area contributed by atoms with Gasteiger partial charge in [0.25, 0.3) is 0 Å². The number of carbonyl (C=O) groups is 2. The smallest absolute Gasteiger partial charge is 0.240 e. The van der Waals surface area contributed by atoms with Crippen LogP contribution in [0.1, 0.15) is 24.1 Å². The minimum Gasteiger partial charge on any atom is -0.348 e. The maximum Gasteiger partial charge on any atom is 0.240 e. The van der Waals surface area contributed by atoms with Crippen molar-refractivity contribution < 1.29 is 9.59 Å². The van der Waals surface area contributed by atoms with E-state index in [1.54, 1.807) is 16.7 Å². The van der Waals surface area contributed by atoms with Crippen LogP contribution in [0.3, 0.4) is 0 Å². The molecule has 1 atom stereocenters.